The molecular formula is C25H33N5O3S. The van der Waals surface area contributed by atoms with Crippen LogP contribution in [-0.4, -0.2) is 65.5 Å². The number of carbonyl (C=O) groups excluding carboxylic acids is 1. The third kappa shape index (κ3) is 5.32. The molecule has 1 N–H and O–H groups in total. The van der Waals surface area contributed by atoms with Gasteiger partial charge in [-0.2, -0.15) is 4.31 Å². The molecule has 2 heterocycles. The summed E-state index contributed by atoms with van der Waals surface area (Å²) >= 11 is 0. The Morgan fingerprint density at radius 3 is 2.26 bits per heavy atom. The van der Waals surface area contributed by atoms with Crippen molar-refractivity contribution in [1.82, 2.24) is 18.8 Å². The van der Waals surface area contributed by atoms with E-state index in [0.717, 1.165) is 16.9 Å². The lowest BCUT2D eigenvalue weighted by molar-refractivity contribution is 0.102. The van der Waals surface area contributed by atoms with Crippen LogP contribution in [0.3, 0.4) is 0 Å². The standard InChI is InChI=1S/C25H33N5O3S/c1-25(2,3)19-8-6-18(7-9-19)24(31)26-20-10-11-22-21(16-20)27-23(28(22)4)17-29-12-14-30(15-13-29)34(5,32)33/h6-11,16H,12-15,17H2,1-5H3,(H,26,31). The Morgan fingerprint density at radius 2 is 1.68 bits per heavy atom. The number of amides is 1. The normalized spacial score (nSPS) is 16.1. The van der Waals surface area contributed by atoms with E-state index in [2.05, 4.69) is 35.6 Å². The van der Waals surface area contributed by atoms with Gasteiger partial charge in [0.05, 0.1) is 23.8 Å². The molecule has 2 aromatic carbocycles. The summed E-state index contributed by atoms with van der Waals surface area (Å²) < 4.78 is 27.0. The van der Waals surface area contributed by atoms with Crippen LogP contribution >= 0.6 is 0 Å². The smallest absolute Gasteiger partial charge is 0.255 e. The van der Waals surface area contributed by atoms with Crippen LogP contribution in [0.5, 0.6) is 0 Å². The summed E-state index contributed by atoms with van der Waals surface area (Å²) in [4.78, 5) is 19.8. The zero-order valence-electron chi connectivity index (χ0n) is 20.5. The maximum atomic E-state index is 12.8. The molecule has 1 saturated heterocycles. The molecule has 3 aromatic rings. The first kappa shape index (κ1) is 24.4. The number of nitrogens with zero attached hydrogens (tertiary/aromatic N) is 4. The number of aromatic nitrogens is 2. The molecule has 34 heavy (non-hydrogen) atoms. The van der Waals surface area contributed by atoms with Crippen molar-refractivity contribution in [3.8, 4) is 0 Å². The van der Waals surface area contributed by atoms with Gasteiger partial charge >= 0.3 is 0 Å². The minimum atomic E-state index is -3.14. The van der Waals surface area contributed by atoms with Gasteiger partial charge in [-0.1, -0.05) is 32.9 Å². The lowest BCUT2D eigenvalue weighted by atomic mass is 9.87. The summed E-state index contributed by atoms with van der Waals surface area (Å²) in [5, 5.41) is 2.98. The third-order valence-corrected chi connectivity index (χ3v) is 7.71. The van der Waals surface area contributed by atoms with E-state index in [9.17, 15) is 13.2 Å². The van der Waals surface area contributed by atoms with Gasteiger partial charge in [0, 0.05) is 44.5 Å². The molecular weight excluding hydrogens is 450 g/mol. The molecule has 1 aromatic heterocycles. The van der Waals surface area contributed by atoms with Gasteiger partial charge in [0.1, 0.15) is 5.82 Å². The Balaban J connectivity index is 1.45. The van der Waals surface area contributed by atoms with E-state index in [-0.39, 0.29) is 11.3 Å². The highest BCUT2D eigenvalue weighted by atomic mass is 32.2. The predicted octanol–water partition coefficient (Wildman–Crippen LogP) is 3.20. The lowest BCUT2D eigenvalue weighted by Crippen LogP contribution is -2.48. The number of nitrogens with one attached hydrogen (secondary N) is 1. The van der Waals surface area contributed by atoms with Crippen LogP contribution in [0.15, 0.2) is 42.5 Å². The number of hydrogen-bond acceptors (Lipinski definition) is 5. The van der Waals surface area contributed by atoms with Gasteiger partial charge in [0.25, 0.3) is 5.91 Å². The van der Waals surface area contributed by atoms with E-state index in [1.807, 2.05) is 49.5 Å². The summed E-state index contributed by atoms with van der Waals surface area (Å²) in [6, 6.07) is 13.5. The Labute approximate surface area is 201 Å². The zero-order chi connectivity index (χ0) is 24.7. The highest BCUT2D eigenvalue weighted by Gasteiger charge is 2.24. The maximum absolute atomic E-state index is 12.8. The van der Waals surface area contributed by atoms with E-state index in [0.29, 0.717) is 44.0 Å². The van der Waals surface area contributed by atoms with Crippen molar-refractivity contribution in [2.24, 2.45) is 7.05 Å². The number of benzene rings is 2. The Kier molecular flexibility index (Phi) is 6.54. The quantitative estimate of drug-likeness (QED) is 0.602. The molecule has 1 fully saturated rings. The number of hydrogen-bond donors (Lipinski definition) is 1. The maximum Gasteiger partial charge on any atom is 0.255 e. The Bertz CT molecular complexity index is 1300. The lowest BCUT2D eigenvalue weighted by Gasteiger charge is -2.32. The average Bonchev–Trinajstić information content (AvgIpc) is 3.07. The number of anilines is 1. The van der Waals surface area contributed by atoms with Gasteiger partial charge in [-0.15, -0.1) is 0 Å². The van der Waals surface area contributed by atoms with Crippen LogP contribution in [-0.2, 0) is 29.0 Å². The van der Waals surface area contributed by atoms with E-state index >= 15 is 0 Å². The first-order valence-corrected chi connectivity index (χ1v) is 13.3. The molecule has 9 heteroatoms. The van der Waals surface area contributed by atoms with Crippen LogP contribution in [0.4, 0.5) is 5.69 Å². The van der Waals surface area contributed by atoms with Gasteiger partial charge < -0.3 is 9.88 Å². The average molecular weight is 484 g/mol. The van der Waals surface area contributed by atoms with E-state index in [1.165, 1.54) is 16.1 Å². The van der Waals surface area contributed by atoms with Gasteiger partial charge in [0.2, 0.25) is 10.0 Å². The largest absolute Gasteiger partial charge is 0.330 e. The van der Waals surface area contributed by atoms with Crippen LogP contribution in [0.1, 0.15) is 42.5 Å². The fraction of sp³-hybridized carbons (Fsp3) is 0.440. The number of fused-ring (bicyclic) bond motifs is 1. The number of piperazine rings is 1. The molecule has 0 radical (unpaired) electrons. The molecule has 182 valence electrons. The van der Waals surface area contributed by atoms with Crippen LogP contribution in [0, 0.1) is 0 Å². The number of imidazole rings is 1. The minimum absolute atomic E-state index is 0.0397. The molecule has 1 amide bonds. The number of sulfonamides is 1. The van der Waals surface area contributed by atoms with Crippen LogP contribution < -0.4 is 5.32 Å². The summed E-state index contributed by atoms with van der Waals surface area (Å²) in [6.07, 6.45) is 1.26. The highest BCUT2D eigenvalue weighted by molar-refractivity contribution is 7.88. The SMILES string of the molecule is Cn1c(CN2CCN(S(C)(=O)=O)CC2)nc2cc(NC(=O)c3ccc(C(C)(C)C)cc3)ccc21. The fourth-order valence-electron chi connectivity index (χ4n) is 4.21. The first-order valence-electron chi connectivity index (χ1n) is 11.5. The number of aryl methyl sites for hydroxylation is 1. The van der Waals surface area contributed by atoms with Gasteiger partial charge in [-0.3, -0.25) is 9.69 Å². The highest BCUT2D eigenvalue weighted by Crippen LogP contribution is 2.24. The molecule has 1 aliphatic heterocycles. The summed E-state index contributed by atoms with van der Waals surface area (Å²) in [7, 11) is -1.16. The second-order valence-electron chi connectivity index (χ2n) is 10.0. The van der Waals surface area contributed by atoms with Gasteiger partial charge in [-0.05, 0) is 41.3 Å². The van der Waals surface area contributed by atoms with Crippen molar-refractivity contribution in [2.75, 3.05) is 37.8 Å². The Morgan fingerprint density at radius 1 is 1.03 bits per heavy atom. The Hall–Kier alpha value is -2.75. The van der Waals surface area contributed by atoms with Crippen molar-refractivity contribution < 1.29 is 13.2 Å². The molecule has 1 aliphatic rings. The molecule has 4 rings (SSSR count). The number of carbonyl (C=O) groups is 1. The summed E-state index contributed by atoms with van der Waals surface area (Å²) in [5.74, 6) is 0.753. The van der Waals surface area contributed by atoms with E-state index in [1.54, 1.807) is 0 Å². The molecule has 0 aliphatic carbocycles. The number of rotatable bonds is 5. The van der Waals surface area contributed by atoms with Crippen LogP contribution in [0.2, 0.25) is 0 Å². The van der Waals surface area contributed by atoms with Gasteiger partial charge in [0.15, 0.2) is 0 Å². The molecule has 0 unspecified atom stereocenters. The second-order valence-corrected chi connectivity index (χ2v) is 12.0. The van der Waals surface area contributed by atoms with Crippen molar-refractivity contribution >= 4 is 32.7 Å². The van der Waals surface area contributed by atoms with E-state index in [4.69, 9.17) is 4.98 Å². The van der Waals surface area contributed by atoms with Crippen molar-refractivity contribution in [2.45, 2.75) is 32.7 Å². The van der Waals surface area contributed by atoms with Crippen molar-refractivity contribution in [3.63, 3.8) is 0 Å². The molecule has 8 nitrogen and oxygen atoms in total. The van der Waals surface area contributed by atoms with Crippen LogP contribution in [0.25, 0.3) is 11.0 Å². The first-order chi connectivity index (χ1) is 15.9. The molecule has 0 saturated carbocycles. The fourth-order valence-corrected chi connectivity index (χ4v) is 5.04. The predicted molar refractivity (Wildman–Crippen MR) is 136 cm³/mol. The van der Waals surface area contributed by atoms with Crippen molar-refractivity contribution in [3.05, 3.63) is 59.4 Å². The van der Waals surface area contributed by atoms with Crippen molar-refractivity contribution in [1.29, 1.82) is 0 Å². The molecule has 0 atom stereocenters. The zero-order valence-corrected chi connectivity index (χ0v) is 21.3. The monoisotopic (exact) mass is 483 g/mol. The third-order valence-electron chi connectivity index (χ3n) is 6.41. The topological polar surface area (TPSA) is 87.5 Å². The van der Waals surface area contributed by atoms with E-state index < -0.39 is 10.0 Å². The minimum Gasteiger partial charge on any atom is -0.330 e. The summed E-state index contributed by atoms with van der Waals surface area (Å²) in [5.41, 5.74) is 4.33. The molecule has 0 bridgehead atoms. The molecule has 0 spiro atoms. The summed E-state index contributed by atoms with van der Waals surface area (Å²) in [6.45, 7) is 9.42. The second kappa shape index (κ2) is 9.13. The van der Waals surface area contributed by atoms with Gasteiger partial charge in [-0.25, -0.2) is 13.4 Å².